The van der Waals surface area contributed by atoms with Gasteiger partial charge in [0, 0.05) is 12.8 Å². The van der Waals surface area contributed by atoms with Crippen LogP contribution in [0.3, 0.4) is 0 Å². The van der Waals surface area contributed by atoms with E-state index in [4.69, 9.17) is 26.6 Å². The molecule has 0 spiro atoms. The van der Waals surface area contributed by atoms with Crippen molar-refractivity contribution < 1.29 is 14.9 Å². The van der Waals surface area contributed by atoms with Gasteiger partial charge in [-0.3, -0.25) is 0 Å². The summed E-state index contributed by atoms with van der Waals surface area (Å²) in [7, 11) is 0. The summed E-state index contributed by atoms with van der Waals surface area (Å²) in [6, 6.07) is 9.00. The smallest absolute Gasteiger partial charge is 0.238 e. The lowest BCUT2D eigenvalue weighted by atomic mass is 10.1. The first-order valence-electron chi connectivity index (χ1n) is 5.86. The maximum Gasteiger partial charge on any atom is 0.238 e. The van der Waals surface area contributed by atoms with Crippen molar-refractivity contribution in [1.29, 1.82) is 0 Å². The molecule has 0 bridgehead atoms. The molecule has 0 aliphatic carbocycles. The fraction of sp³-hybridized carbons (Fsp3) is 0.214. The van der Waals surface area contributed by atoms with E-state index in [9.17, 15) is 0 Å². The molecule has 0 saturated heterocycles. The minimum Gasteiger partial charge on any atom is -0.437 e. The SMILES string of the molecule is OCCc1ccccc1Oc1ncc(CO)cc1Cl. The first-order chi connectivity index (χ1) is 9.24. The molecule has 1 heterocycles. The van der Waals surface area contributed by atoms with Crippen molar-refractivity contribution in [2.45, 2.75) is 13.0 Å². The Morgan fingerprint density at radius 3 is 2.68 bits per heavy atom. The van der Waals surface area contributed by atoms with Crippen LogP contribution in [0.25, 0.3) is 0 Å². The van der Waals surface area contributed by atoms with Crippen molar-refractivity contribution in [2.75, 3.05) is 6.61 Å². The number of hydrogen-bond donors (Lipinski definition) is 2. The molecule has 0 atom stereocenters. The second-order valence-electron chi connectivity index (χ2n) is 3.97. The van der Waals surface area contributed by atoms with Crippen molar-refractivity contribution in [2.24, 2.45) is 0 Å². The van der Waals surface area contributed by atoms with E-state index < -0.39 is 0 Å². The summed E-state index contributed by atoms with van der Waals surface area (Å²) in [4.78, 5) is 4.07. The van der Waals surface area contributed by atoms with Crippen molar-refractivity contribution >= 4 is 11.6 Å². The molecular formula is C14H14ClNO3. The summed E-state index contributed by atoms with van der Waals surface area (Å²) in [5.74, 6) is 0.895. The van der Waals surface area contributed by atoms with Gasteiger partial charge in [0.2, 0.25) is 5.88 Å². The molecule has 1 aromatic heterocycles. The summed E-state index contributed by atoms with van der Waals surface area (Å²) < 4.78 is 5.66. The van der Waals surface area contributed by atoms with E-state index in [0.717, 1.165) is 5.56 Å². The maximum absolute atomic E-state index is 9.01. The highest BCUT2D eigenvalue weighted by Gasteiger charge is 2.09. The Kier molecular flexibility index (Phi) is 4.74. The molecule has 0 aliphatic rings. The van der Waals surface area contributed by atoms with Crippen LogP contribution in [0.15, 0.2) is 36.5 Å². The number of para-hydroxylation sites is 1. The van der Waals surface area contributed by atoms with Gasteiger partial charge in [-0.2, -0.15) is 0 Å². The number of aliphatic hydroxyl groups is 2. The molecule has 0 saturated carbocycles. The summed E-state index contributed by atoms with van der Waals surface area (Å²) in [6.07, 6.45) is 2.01. The Hall–Kier alpha value is -1.62. The number of nitrogens with zero attached hydrogens (tertiary/aromatic N) is 1. The van der Waals surface area contributed by atoms with Crippen LogP contribution in [-0.4, -0.2) is 21.8 Å². The van der Waals surface area contributed by atoms with Crippen molar-refractivity contribution in [3.8, 4) is 11.6 Å². The second-order valence-corrected chi connectivity index (χ2v) is 4.38. The molecule has 2 N–H and O–H groups in total. The van der Waals surface area contributed by atoms with E-state index in [2.05, 4.69) is 4.98 Å². The van der Waals surface area contributed by atoms with Gasteiger partial charge in [0.15, 0.2) is 0 Å². The zero-order valence-electron chi connectivity index (χ0n) is 10.2. The molecule has 0 fully saturated rings. The first-order valence-corrected chi connectivity index (χ1v) is 6.24. The van der Waals surface area contributed by atoms with E-state index in [-0.39, 0.29) is 19.1 Å². The average molecular weight is 280 g/mol. The van der Waals surface area contributed by atoms with Gasteiger partial charge in [0.05, 0.1) is 6.61 Å². The Balaban J connectivity index is 2.26. The number of hydrogen-bond acceptors (Lipinski definition) is 4. The van der Waals surface area contributed by atoms with Gasteiger partial charge in [0.25, 0.3) is 0 Å². The third-order valence-electron chi connectivity index (χ3n) is 2.61. The lowest BCUT2D eigenvalue weighted by molar-refractivity contribution is 0.281. The van der Waals surface area contributed by atoms with E-state index in [0.29, 0.717) is 22.8 Å². The Morgan fingerprint density at radius 1 is 1.21 bits per heavy atom. The molecule has 2 aromatic rings. The van der Waals surface area contributed by atoms with E-state index in [1.54, 1.807) is 12.1 Å². The average Bonchev–Trinajstić information content (AvgIpc) is 2.43. The molecule has 5 heteroatoms. The van der Waals surface area contributed by atoms with Gasteiger partial charge < -0.3 is 14.9 Å². The fourth-order valence-electron chi connectivity index (χ4n) is 1.66. The highest BCUT2D eigenvalue weighted by molar-refractivity contribution is 6.31. The lowest BCUT2D eigenvalue weighted by Crippen LogP contribution is -1.97. The predicted octanol–water partition coefficient (Wildman–Crippen LogP) is 2.55. The van der Waals surface area contributed by atoms with Gasteiger partial charge in [-0.15, -0.1) is 0 Å². The maximum atomic E-state index is 9.01. The second kappa shape index (κ2) is 6.52. The summed E-state index contributed by atoms with van der Waals surface area (Å²) >= 11 is 6.04. The lowest BCUT2D eigenvalue weighted by Gasteiger charge is -2.11. The van der Waals surface area contributed by atoms with Crippen LogP contribution < -0.4 is 4.74 Å². The molecule has 1 aromatic carbocycles. The zero-order valence-corrected chi connectivity index (χ0v) is 11.0. The summed E-state index contributed by atoms with van der Waals surface area (Å²) in [5, 5.41) is 18.3. The van der Waals surface area contributed by atoms with Crippen LogP contribution in [0.1, 0.15) is 11.1 Å². The minimum absolute atomic E-state index is 0.0466. The van der Waals surface area contributed by atoms with E-state index >= 15 is 0 Å². The van der Waals surface area contributed by atoms with Gasteiger partial charge in [-0.05, 0) is 29.7 Å². The third-order valence-corrected chi connectivity index (χ3v) is 2.88. The van der Waals surface area contributed by atoms with E-state index in [1.807, 2.05) is 18.2 Å². The minimum atomic E-state index is -0.117. The molecule has 0 radical (unpaired) electrons. The fourth-order valence-corrected chi connectivity index (χ4v) is 1.89. The Bertz CT molecular complexity index is 560. The molecule has 100 valence electrons. The summed E-state index contributed by atoms with van der Waals surface area (Å²) in [6.45, 7) is -0.0704. The molecular weight excluding hydrogens is 266 g/mol. The Labute approximate surface area is 116 Å². The number of aromatic nitrogens is 1. The number of rotatable bonds is 5. The monoisotopic (exact) mass is 279 g/mol. The molecule has 4 nitrogen and oxygen atoms in total. The van der Waals surface area contributed by atoms with E-state index in [1.165, 1.54) is 6.20 Å². The molecule has 0 unspecified atom stereocenters. The molecule has 19 heavy (non-hydrogen) atoms. The van der Waals surface area contributed by atoms with Gasteiger partial charge in [-0.1, -0.05) is 29.8 Å². The van der Waals surface area contributed by atoms with Gasteiger partial charge in [0.1, 0.15) is 10.8 Å². The van der Waals surface area contributed by atoms with Gasteiger partial charge >= 0.3 is 0 Å². The molecule has 0 aliphatic heterocycles. The standard InChI is InChI=1S/C14H14ClNO3/c15-12-7-10(9-18)8-16-14(12)19-13-4-2-1-3-11(13)5-6-17/h1-4,7-8,17-18H,5-6,9H2. The molecule has 0 amide bonds. The topological polar surface area (TPSA) is 62.6 Å². The van der Waals surface area contributed by atoms with Crippen LogP contribution in [0.2, 0.25) is 5.02 Å². The zero-order chi connectivity index (χ0) is 13.7. The quantitative estimate of drug-likeness (QED) is 0.883. The van der Waals surface area contributed by atoms with Crippen LogP contribution in [0.4, 0.5) is 0 Å². The highest BCUT2D eigenvalue weighted by atomic mass is 35.5. The summed E-state index contributed by atoms with van der Waals surface area (Å²) in [5.41, 5.74) is 1.51. The third kappa shape index (κ3) is 3.44. The number of aliphatic hydroxyl groups excluding tert-OH is 2. The Morgan fingerprint density at radius 2 is 2.00 bits per heavy atom. The number of benzene rings is 1. The van der Waals surface area contributed by atoms with Crippen LogP contribution in [0, 0.1) is 0 Å². The van der Waals surface area contributed by atoms with Crippen molar-refractivity contribution in [1.82, 2.24) is 4.98 Å². The predicted molar refractivity (Wildman–Crippen MR) is 72.5 cm³/mol. The largest absolute Gasteiger partial charge is 0.437 e. The van der Waals surface area contributed by atoms with Gasteiger partial charge in [-0.25, -0.2) is 4.98 Å². The number of pyridine rings is 1. The van der Waals surface area contributed by atoms with Crippen LogP contribution >= 0.6 is 11.6 Å². The first kappa shape index (κ1) is 13.8. The molecule has 2 rings (SSSR count). The number of halogens is 1. The van der Waals surface area contributed by atoms with Crippen LogP contribution in [0.5, 0.6) is 11.6 Å². The highest BCUT2D eigenvalue weighted by Crippen LogP contribution is 2.29. The van der Waals surface area contributed by atoms with Crippen molar-refractivity contribution in [3.63, 3.8) is 0 Å². The normalized spacial score (nSPS) is 10.5. The van der Waals surface area contributed by atoms with Crippen molar-refractivity contribution in [3.05, 3.63) is 52.7 Å². The number of ether oxygens (including phenoxy) is 1. The van der Waals surface area contributed by atoms with Crippen LogP contribution in [-0.2, 0) is 13.0 Å².